The minimum atomic E-state index is -0.235. The van der Waals surface area contributed by atoms with Crippen LogP contribution in [0, 0.1) is 12.7 Å². The van der Waals surface area contributed by atoms with E-state index in [-0.39, 0.29) is 5.82 Å². The number of fused-ring (bicyclic) bond motifs is 2. The third-order valence-corrected chi connectivity index (χ3v) is 3.96. The predicted molar refractivity (Wildman–Crippen MR) is 75.5 cm³/mol. The van der Waals surface area contributed by atoms with Crippen molar-refractivity contribution in [1.29, 1.82) is 0 Å². The lowest BCUT2D eigenvalue weighted by Crippen LogP contribution is -2.13. The fraction of sp³-hybridized carbons (Fsp3) is 0.400. The van der Waals surface area contributed by atoms with E-state index in [1.165, 1.54) is 6.42 Å². The van der Waals surface area contributed by atoms with Crippen LogP contribution >= 0.6 is 0 Å². The second-order valence-electron chi connectivity index (χ2n) is 5.21. The molecule has 0 saturated carbocycles. The highest BCUT2D eigenvalue weighted by atomic mass is 19.1. The van der Waals surface area contributed by atoms with Crippen molar-refractivity contribution < 1.29 is 4.39 Å². The number of nitrogens with zero attached hydrogens (tertiary/aromatic N) is 1. The van der Waals surface area contributed by atoms with Crippen LogP contribution < -0.4 is 11.3 Å². The average Bonchev–Trinajstić information content (AvgIpc) is 2.66. The van der Waals surface area contributed by atoms with E-state index in [1.54, 1.807) is 13.0 Å². The van der Waals surface area contributed by atoms with E-state index in [4.69, 9.17) is 5.84 Å². The number of anilines is 1. The first-order chi connectivity index (χ1) is 9.22. The summed E-state index contributed by atoms with van der Waals surface area (Å²) in [5, 5.41) is 0.784. The largest absolute Gasteiger partial charge is 0.323 e. The van der Waals surface area contributed by atoms with Crippen molar-refractivity contribution in [1.82, 2.24) is 4.98 Å². The summed E-state index contributed by atoms with van der Waals surface area (Å²) in [7, 11) is 0. The average molecular weight is 259 g/mol. The molecule has 0 amide bonds. The Balaban J connectivity index is 2.36. The zero-order valence-corrected chi connectivity index (χ0v) is 11.1. The van der Waals surface area contributed by atoms with E-state index < -0.39 is 0 Å². The number of pyridine rings is 1. The lowest BCUT2D eigenvalue weighted by Gasteiger charge is -2.15. The van der Waals surface area contributed by atoms with Gasteiger partial charge in [-0.05, 0) is 43.7 Å². The Hall–Kier alpha value is -1.68. The van der Waals surface area contributed by atoms with Crippen LogP contribution in [0.15, 0.2) is 12.1 Å². The highest BCUT2D eigenvalue weighted by Gasteiger charge is 2.18. The van der Waals surface area contributed by atoms with Gasteiger partial charge < -0.3 is 5.43 Å². The number of aromatic nitrogens is 1. The summed E-state index contributed by atoms with van der Waals surface area (Å²) in [6.07, 6.45) is 5.32. The topological polar surface area (TPSA) is 50.9 Å². The summed E-state index contributed by atoms with van der Waals surface area (Å²) in [5.41, 5.74) is 6.84. The summed E-state index contributed by atoms with van der Waals surface area (Å²) in [4.78, 5) is 4.57. The van der Waals surface area contributed by atoms with Crippen LogP contribution in [-0.2, 0) is 12.8 Å². The molecule has 100 valence electrons. The second kappa shape index (κ2) is 4.78. The molecule has 0 atom stereocenters. The quantitative estimate of drug-likeness (QED) is 0.469. The van der Waals surface area contributed by atoms with E-state index >= 15 is 0 Å². The maximum absolute atomic E-state index is 14.3. The van der Waals surface area contributed by atoms with Crippen molar-refractivity contribution in [2.24, 2.45) is 5.84 Å². The molecule has 0 saturated heterocycles. The van der Waals surface area contributed by atoms with Gasteiger partial charge in [0, 0.05) is 11.1 Å². The fourth-order valence-corrected chi connectivity index (χ4v) is 2.90. The molecule has 3 N–H and O–H groups in total. The van der Waals surface area contributed by atoms with E-state index in [2.05, 4.69) is 10.4 Å². The van der Waals surface area contributed by atoms with Crippen LogP contribution in [0.4, 0.5) is 10.1 Å². The van der Waals surface area contributed by atoms with Crippen molar-refractivity contribution >= 4 is 16.6 Å². The highest BCUT2D eigenvalue weighted by molar-refractivity contribution is 5.94. The van der Waals surface area contributed by atoms with Gasteiger partial charge in [-0.3, -0.25) is 5.84 Å². The minimum Gasteiger partial charge on any atom is -0.323 e. The van der Waals surface area contributed by atoms with E-state index in [0.717, 1.165) is 48.0 Å². The Morgan fingerprint density at radius 3 is 2.79 bits per heavy atom. The van der Waals surface area contributed by atoms with Crippen LogP contribution in [0.3, 0.4) is 0 Å². The molecule has 0 unspecified atom stereocenters. The van der Waals surface area contributed by atoms with Gasteiger partial charge in [0.1, 0.15) is 5.52 Å². The molecule has 1 aliphatic carbocycles. The Morgan fingerprint density at radius 2 is 2.00 bits per heavy atom. The summed E-state index contributed by atoms with van der Waals surface area (Å²) < 4.78 is 14.3. The van der Waals surface area contributed by atoms with Crippen LogP contribution in [0.2, 0.25) is 0 Å². The third kappa shape index (κ3) is 1.96. The third-order valence-electron chi connectivity index (χ3n) is 3.96. The maximum atomic E-state index is 14.3. The number of nitrogen functional groups attached to an aromatic ring is 1. The minimum absolute atomic E-state index is 0.235. The molecule has 3 nitrogen and oxygen atoms in total. The molecule has 0 bridgehead atoms. The normalized spacial score (nSPS) is 15.1. The van der Waals surface area contributed by atoms with Gasteiger partial charge in [-0.1, -0.05) is 18.6 Å². The van der Waals surface area contributed by atoms with Gasteiger partial charge in [0.15, 0.2) is 5.82 Å². The number of hydrazine groups is 1. The second-order valence-corrected chi connectivity index (χ2v) is 5.21. The van der Waals surface area contributed by atoms with Crippen LogP contribution in [-0.4, -0.2) is 4.98 Å². The Morgan fingerprint density at radius 1 is 1.21 bits per heavy atom. The standard InChI is InChI=1S/C15H18FN3/c1-9-7-8-11-14(19-17)10-5-3-2-4-6-12(10)18-15(11)13(9)16/h7-8H,2-6,17H2,1H3,(H,18,19). The zero-order valence-electron chi connectivity index (χ0n) is 11.1. The number of benzene rings is 1. The fourth-order valence-electron chi connectivity index (χ4n) is 2.90. The molecular weight excluding hydrogens is 241 g/mol. The van der Waals surface area contributed by atoms with Gasteiger partial charge >= 0.3 is 0 Å². The van der Waals surface area contributed by atoms with Crippen molar-refractivity contribution in [2.75, 3.05) is 5.43 Å². The molecule has 0 radical (unpaired) electrons. The first-order valence-electron chi connectivity index (χ1n) is 6.79. The van der Waals surface area contributed by atoms with Gasteiger partial charge in [0.2, 0.25) is 0 Å². The lowest BCUT2D eigenvalue weighted by molar-refractivity contribution is 0.627. The molecule has 1 aromatic carbocycles. The van der Waals surface area contributed by atoms with Gasteiger partial charge in [-0.15, -0.1) is 0 Å². The highest BCUT2D eigenvalue weighted by Crippen LogP contribution is 2.33. The lowest BCUT2D eigenvalue weighted by atomic mass is 10.0. The van der Waals surface area contributed by atoms with E-state index in [9.17, 15) is 4.39 Å². The van der Waals surface area contributed by atoms with Crippen molar-refractivity contribution in [3.8, 4) is 0 Å². The molecule has 1 aromatic heterocycles. The van der Waals surface area contributed by atoms with Gasteiger partial charge in [-0.25, -0.2) is 9.37 Å². The molecule has 1 aliphatic rings. The summed E-state index contributed by atoms with van der Waals surface area (Å²) >= 11 is 0. The molecular formula is C15H18FN3. The molecule has 4 heteroatoms. The monoisotopic (exact) mass is 259 g/mol. The summed E-state index contributed by atoms with van der Waals surface area (Å²) in [6, 6.07) is 3.68. The molecule has 2 aromatic rings. The molecule has 1 heterocycles. The number of aryl methyl sites for hydroxylation is 2. The first kappa shape index (κ1) is 12.4. The number of hydrogen-bond donors (Lipinski definition) is 2. The van der Waals surface area contributed by atoms with Crippen molar-refractivity contribution in [3.05, 3.63) is 34.8 Å². The number of rotatable bonds is 1. The molecule has 19 heavy (non-hydrogen) atoms. The van der Waals surface area contributed by atoms with Gasteiger partial charge in [0.25, 0.3) is 0 Å². The maximum Gasteiger partial charge on any atom is 0.152 e. The zero-order chi connectivity index (χ0) is 13.4. The Bertz CT molecular complexity index is 637. The van der Waals surface area contributed by atoms with Crippen molar-refractivity contribution in [2.45, 2.75) is 39.0 Å². The molecule has 0 spiro atoms. The number of hydrogen-bond acceptors (Lipinski definition) is 3. The number of halogens is 1. The molecule has 3 rings (SSSR count). The van der Waals surface area contributed by atoms with Crippen molar-refractivity contribution in [3.63, 3.8) is 0 Å². The number of nitrogens with one attached hydrogen (secondary N) is 1. The van der Waals surface area contributed by atoms with Gasteiger partial charge in [0.05, 0.1) is 5.69 Å². The van der Waals surface area contributed by atoms with Gasteiger partial charge in [-0.2, -0.15) is 0 Å². The number of nitrogens with two attached hydrogens (primary N) is 1. The Kier molecular flexibility index (Phi) is 3.11. The van der Waals surface area contributed by atoms with Crippen LogP contribution in [0.1, 0.15) is 36.1 Å². The molecule has 0 aliphatic heterocycles. The smallest absolute Gasteiger partial charge is 0.152 e. The summed E-state index contributed by atoms with van der Waals surface area (Å²) in [5.74, 6) is 5.44. The summed E-state index contributed by atoms with van der Waals surface area (Å²) in [6.45, 7) is 1.76. The van der Waals surface area contributed by atoms with E-state index in [0.29, 0.717) is 11.1 Å². The molecule has 0 fully saturated rings. The predicted octanol–water partition coefficient (Wildman–Crippen LogP) is 3.24. The first-order valence-corrected chi connectivity index (χ1v) is 6.79. The van der Waals surface area contributed by atoms with E-state index in [1.807, 2.05) is 6.07 Å². The van der Waals surface area contributed by atoms with Crippen LogP contribution in [0.25, 0.3) is 10.9 Å². The van der Waals surface area contributed by atoms with Crippen LogP contribution in [0.5, 0.6) is 0 Å². The SMILES string of the molecule is Cc1ccc2c(NN)c3c(nc2c1F)CCCCC3. The Labute approximate surface area is 112 Å².